The maximum Gasteiger partial charge on any atom is 0.0945 e. The molecule has 1 saturated carbocycles. The van der Waals surface area contributed by atoms with Crippen molar-refractivity contribution in [1.29, 1.82) is 0 Å². The lowest BCUT2D eigenvalue weighted by atomic mass is 10.0. The van der Waals surface area contributed by atoms with Crippen LogP contribution in [0.1, 0.15) is 44.9 Å². The van der Waals surface area contributed by atoms with Gasteiger partial charge in [-0.2, -0.15) is 0 Å². The third kappa shape index (κ3) is 4.90. The molecule has 0 aromatic carbocycles. The second kappa shape index (κ2) is 7.49. The summed E-state index contributed by atoms with van der Waals surface area (Å²) in [6, 6.07) is 0. The lowest BCUT2D eigenvalue weighted by Gasteiger charge is -2.09. The minimum Gasteiger partial charge on any atom is -0.337 e. The molecule has 1 aromatic rings. The Bertz CT molecular complexity index is 276. The third-order valence-electron chi connectivity index (χ3n) is 3.77. The first kappa shape index (κ1) is 12.6. The fourth-order valence-electron chi connectivity index (χ4n) is 2.75. The Morgan fingerprint density at radius 1 is 1.18 bits per heavy atom. The van der Waals surface area contributed by atoms with Crippen LogP contribution >= 0.6 is 0 Å². The summed E-state index contributed by atoms with van der Waals surface area (Å²) in [6.07, 6.45) is 15.7. The Morgan fingerprint density at radius 3 is 2.76 bits per heavy atom. The van der Waals surface area contributed by atoms with Gasteiger partial charge in [0, 0.05) is 18.9 Å². The molecule has 0 radical (unpaired) electrons. The van der Waals surface area contributed by atoms with Crippen molar-refractivity contribution in [3.63, 3.8) is 0 Å². The van der Waals surface area contributed by atoms with E-state index in [1.54, 1.807) is 0 Å². The number of nitrogens with one attached hydrogen (secondary N) is 1. The van der Waals surface area contributed by atoms with Crippen LogP contribution in [0.2, 0.25) is 0 Å². The van der Waals surface area contributed by atoms with Crippen molar-refractivity contribution < 1.29 is 0 Å². The fraction of sp³-hybridized carbons (Fsp3) is 0.786. The molecule has 1 heterocycles. The highest BCUT2D eigenvalue weighted by Crippen LogP contribution is 2.28. The molecular formula is C14H25N3. The summed E-state index contributed by atoms with van der Waals surface area (Å²) in [6.45, 7) is 3.40. The van der Waals surface area contributed by atoms with Gasteiger partial charge in [0.25, 0.3) is 0 Å². The Balaban J connectivity index is 1.39. The van der Waals surface area contributed by atoms with Crippen molar-refractivity contribution in [3.8, 4) is 0 Å². The van der Waals surface area contributed by atoms with Crippen molar-refractivity contribution in [2.75, 3.05) is 13.1 Å². The van der Waals surface area contributed by atoms with Gasteiger partial charge in [0.1, 0.15) is 0 Å². The molecule has 1 N–H and O–H groups in total. The van der Waals surface area contributed by atoms with Crippen LogP contribution in [0.15, 0.2) is 18.7 Å². The smallest absolute Gasteiger partial charge is 0.0945 e. The van der Waals surface area contributed by atoms with Crippen LogP contribution < -0.4 is 5.32 Å². The molecule has 0 amide bonds. The molecule has 0 aliphatic heterocycles. The summed E-state index contributed by atoms with van der Waals surface area (Å²) < 4.78 is 2.14. The van der Waals surface area contributed by atoms with E-state index < -0.39 is 0 Å². The minimum absolute atomic E-state index is 1.04. The Kier molecular flexibility index (Phi) is 5.56. The summed E-state index contributed by atoms with van der Waals surface area (Å²) in [5.41, 5.74) is 0. The molecule has 96 valence electrons. The number of hydrogen-bond donors (Lipinski definition) is 1. The monoisotopic (exact) mass is 235 g/mol. The Hall–Kier alpha value is -0.830. The van der Waals surface area contributed by atoms with Crippen LogP contribution in [0.4, 0.5) is 0 Å². The summed E-state index contributed by atoms with van der Waals surface area (Å²) in [5, 5.41) is 3.54. The van der Waals surface area contributed by atoms with Gasteiger partial charge in [-0.05, 0) is 38.3 Å². The van der Waals surface area contributed by atoms with Crippen LogP contribution in [0, 0.1) is 5.92 Å². The fourth-order valence-corrected chi connectivity index (χ4v) is 2.75. The highest BCUT2D eigenvalue weighted by molar-refractivity contribution is 4.73. The van der Waals surface area contributed by atoms with Crippen molar-refractivity contribution in [2.24, 2.45) is 5.92 Å². The number of hydrogen-bond acceptors (Lipinski definition) is 2. The molecule has 1 fully saturated rings. The maximum absolute atomic E-state index is 4.04. The molecule has 2 rings (SSSR count). The topological polar surface area (TPSA) is 29.9 Å². The number of aromatic nitrogens is 2. The zero-order valence-corrected chi connectivity index (χ0v) is 10.8. The van der Waals surface area contributed by atoms with Gasteiger partial charge >= 0.3 is 0 Å². The van der Waals surface area contributed by atoms with E-state index in [1.807, 2.05) is 18.7 Å². The molecule has 0 saturated heterocycles. The Labute approximate surface area is 105 Å². The lowest BCUT2D eigenvalue weighted by molar-refractivity contribution is 0.466. The highest BCUT2D eigenvalue weighted by atomic mass is 15.0. The summed E-state index contributed by atoms with van der Waals surface area (Å²) in [7, 11) is 0. The van der Waals surface area contributed by atoms with E-state index in [0.717, 1.165) is 19.0 Å². The largest absolute Gasteiger partial charge is 0.337 e. The van der Waals surface area contributed by atoms with E-state index in [-0.39, 0.29) is 0 Å². The molecule has 1 aromatic heterocycles. The number of nitrogens with zero attached hydrogens (tertiary/aromatic N) is 2. The minimum atomic E-state index is 1.04. The van der Waals surface area contributed by atoms with Crippen molar-refractivity contribution in [3.05, 3.63) is 18.7 Å². The van der Waals surface area contributed by atoms with Crippen LogP contribution in [-0.2, 0) is 6.54 Å². The lowest BCUT2D eigenvalue weighted by Crippen LogP contribution is -2.18. The molecular weight excluding hydrogens is 210 g/mol. The second-order valence-electron chi connectivity index (χ2n) is 5.20. The molecule has 0 spiro atoms. The van der Waals surface area contributed by atoms with Gasteiger partial charge in [-0.3, -0.25) is 0 Å². The first-order chi connectivity index (χ1) is 8.45. The van der Waals surface area contributed by atoms with Crippen LogP contribution in [0.25, 0.3) is 0 Å². The van der Waals surface area contributed by atoms with Gasteiger partial charge in [-0.15, -0.1) is 0 Å². The van der Waals surface area contributed by atoms with Crippen molar-refractivity contribution in [1.82, 2.24) is 14.9 Å². The zero-order chi connectivity index (χ0) is 11.8. The van der Waals surface area contributed by atoms with Gasteiger partial charge in [-0.25, -0.2) is 4.98 Å². The number of imidazole rings is 1. The molecule has 0 unspecified atom stereocenters. The molecule has 3 nitrogen and oxygen atoms in total. The average molecular weight is 235 g/mol. The van der Waals surface area contributed by atoms with Gasteiger partial charge in [0.2, 0.25) is 0 Å². The normalized spacial score (nSPS) is 16.7. The SMILES string of the molecule is c1cn(CCCNCCCC2CCCC2)cn1. The Morgan fingerprint density at radius 2 is 2.00 bits per heavy atom. The van der Waals surface area contributed by atoms with Gasteiger partial charge in [0.05, 0.1) is 6.33 Å². The molecule has 1 aliphatic rings. The first-order valence-electron chi connectivity index (χ1n) is 7.11. The maximum atomic E-state index is 4.04. The van der Waals surface area contributed by atoms with Gasteiger partial charge < -0.3 is 9.88 Å². The third-order valence-corrected chi connectivity index (χ3v) is 3.77. The van der Waals surface area contributed by atoms with E-state index in [0.29, 0.717) is 0 Å². The number of rotatable bonds is 8. The molecule has 1 aliphatic carbocycles. The van der Waals surface area contributed by atoms with Crippen molar-refractivity contribution >= 4 is 0 Å². The van der Waals surface area contributed by atoms with Crippen LogP contribution in [0.5, 0.6) is 0 Å². The average Bonchev–Trinajstić information content (AvgIpc) is 3.00. The summed E-state index contributed by atoms with van der Waals surface area (Å²) >= 11 is 0. The highest BCUT2D eigenvalue weighted by Gasteiger charge is 2.13. The van der Waals surface area contributed by atoms with E-state index in [1.165, 1.54) is 51.5 Å². The molecule has 17 heavy (non-hydrogen) atoms. The molecule has 0 bridgehead atoms. The summed E-state index contributed by atoms with van der Waals surface area (Å²) in [5.74, 6) is 1.04. The second-order valence-corrected chi connectivity index (χ2v) is 5.20. The van der Waals surface area contributed by atoms with E-state index >= 15 is 0 Å². The van der Waals surface area contributed by atoms with E-state index in [4.69, 9.17) is 0 Å². The van der Waals surface area contributed by atoms with E-state index in [9.17, 15) is 0 Å². The van der Waals surface area contributed by atoms with Gasteiger partial charge in [-0.1, -0.05) is 25.7 Å². The quantitative estimate of drug-likeness (QED) is 0.702. The molecule has 0 atom stereocenters. The van der Waals surface area contributed by atoms with Crippen molar-refractivity contribution in [2.45, 2.75) is 51.5 Å². The van der Waals surface area contributed by atoms with Crippen LogP contribution in [-0.4, -0.2) is 22.6 Å². The van der Waals surface area contributed by atoms with E-state index in [2.05, 4.69) is 14.9 Å². The van der Waals surface area contributed by atoms with Gasteiger partial charge in [0.15, 0.2) is 0 Å². The zero-order valence-electron chi connectivity index (χ0n) is 10.8. The van der Waals surface area contributed by atoms with Crippen LogP contribution in [0.3, 0.4) is 0 Å². The predicted octanol–water partition coefficient (Wildman–Crippen LogP) is 2.83. The molecule has 3 heteroatoms. The predicted molar refractivity (Wildman–Crippen MR) is 70.9 cm³/mol. The first-order valence-corrected chi connectivity index (χ1v) is 7.11. The standard InChI is InChI=1S/C14H25N3/c1-2-6-14(5-1)7-3-8-15-9-4-11-17-12-10-16-13-17/h10,12-15H,1-9,11H2. The summed E-state index contributed by atoms with van der Waals surface area (Å²) in [4.78, 5) is 4.04. The number of aryl methyl sites for hydroxylation is 1.